The van der Waals surface area contributed by atoms with Crippen molar-refractivity contribution in [2.45, 2.75) is 6.92 Å². The molecule has 0 saturated heterocycles. The Morgan fingerprint density at radius 3 is 2.58 bits per heavy atom. The fourth-order valence-corrected chi connectivity index (χ4v) is 2.80. The lowest BCUT2D eigenvalue weighted by Crippen LogP contribution is -2.05. The van der Waals surface area contributed by atoms with E-state index >= 15 is 0 Å². The fraction of sp³-hybridized carbons (Fsp3) is 0.105. The predicted molar refractivity (Wildman–Crippen MR) is 102 cm³/mol. The van der Waals surface area contributed by atoms with Crippen LogP contribution in [0, 0.1) is 0 Å². The van der Waals surface area contributed by atoms with Crippen molar-refractivity contribution in [3.8, 4) is 11.3 Å². The number of nitrogens with zero attached hydrogens (tertiary/aromatic N) is 3. The van der Waals surface area contributed by atoms with Gasteiger partial charge in [-0.3, -0.25) is 9.48 Å². The molecular weight excluding hydrogens is 328 g/mol. The van der Waals surface area contributed by atoms with Crippen molar-refractivity contribution < 1.29 is 4.79 Å². The van der Waals surface area contributed by atoms with Crippen molar-refractivity contribution in [1.82, 2.24) is 19.7 Å². The van der Waals surface area contributed by atoms with Crippen molar-refractivity contribution in [1.29, 1.82) is 0 Å². The minimum Gasteiger partial charge on any atom is -0.354 e. The van der Waals surface area contributed by atoms with Crippen LogP contribution < -0.4 is 10.6 Å². The molecule has 1 aromatic carbocycles. The highest BCUT2D eigenvalue weighted by atomic mass is 16.1. The Kier molecular flexibility index (Phi) is 3.89. The minimum absolute atomic E-state index is 0.0889. The van der Waals surface area contributed by atoms with Crippen LogP contribution in [0.2, 0.25) is 0 Å². The molecule has 0 fully saturated rings. The zero-order chi connectivity index (χ0) is 18.1. The second-order valence-corrected chi connectivity index (χ2v) is 6.13. The van der Waals surface area contributed by atoms with Crippen LogP contribution in [-0.2, 0) is 11.8 Å². The molecule has 26 heavy (non-hydrogen) atoms. The molecule has 3 heterocycles. The van der Waals surface area contributed by atoms with Gasteiger partial charge in [0.1, 0.15) is 5.82 Å². The zero-order valence-electron chi connectivity index (χ0n) is 14.4. The fourth-order valence-electron chi connectivity index (χ4n) is 2.80. The maximum atomic E-state index is 11.1. The van der Waals surface area contributed by atoms with Crippen LogP contribution >= 0.6 is 0 Å². The van der Waals surface area contributed by atoms with E-state index in [1.54, 1.807) is 4.68 Å². The number of carbonyl (C=O) groups is 1. The molecule has 7 heteroatoms. The molecule has 3 N–H and O–H groups in total. The van der Waals surface area contributed by atoms with E-state index in [9.17, 15) is 4.79 Å². The Bertz CT molecular complexity index is 1080. The molecular formula is C19H18N6O. The summed E-state index contributed by atoms with van der Waals surface area (Å²) in [6.45, 7) is 1.49. The first-order valence-corrected chi connectivity index (χ1v) is 8.19. The number of rotatable bonds is 4. The number of aromatic nitrogens is 4. The van der Waals surface area contributed by atoms with Gasteiger partial charge in [-0.1, -0.05) is 0 Å². The molecule has 0 spiro atoms. The van der Waals surface area contributed by atoms with Crippen LogP contribution in [0.4, 0.5) is 17.2 Å². The predicted octanol–water partition coefficient (Wildman–Crippen LogP) is 3.67. The molecule has 4 aromatic rings. The summed E-state index contributed by atoms with van der Waals surface area (Å²) in [5.74, 6) is 0.651. The number of hydrogen-bond acceptors (Lipinski definition) is 4. The average molecular weight is 346 g/mol. The number of nitrogens with one attached hydrogen (secondary N) is 3. The third kappa shape index (κ3) is 3.27. The second-order valence-electron chi connectivity index (χ2n) is 6.13. The molecule has 0 atom stereocenters. The largest absolute Gasteiger partial charge is 0.354 e. The van der Waals surface area contributed by atoms with Crippen LogP contribution in [0.1, 0.15) is 6.92 Å². The number of pyridine rings is 1. The molecule has 0 aliphatic heterocycles. The highest BCUT2D eigenvalue weighted by Crippen LogP contribution is 2.26. The molecule has 3 aromatic heterocycles. The molecule has 7 nitrogen and oxygen atoms in total. The summed E-state index contributed by atoms with van der Waals surface area (Å²) in [5.41, 5.74) is 4.69. The Labute approximate surface area is 150 Å². The van der Waals surface area contributed by atoms with Gasteiger partial charge in [-0.05, 0) is 30.3 Å². The van der Waals surface area contributed by atoms with Gasteiger partial charge >= 0.3 is 0 Å². The number of aryl methyl sites for hydroxylation is 1. The van der Waals surface area contributed by atoms with Gasteiger partial charge in [0.2, 0.25) is 5.91 Å². The van der Waals surface area contributed by atoms with Crippen LogP contribution in [0.15, 0.2) is 55.0 Å². The number of amides is 1. The number of anilines is 3. The van der Waals surface area contributed by atoms with Crippen molar-refractivity contribution in [2.24, 2.45) is 7.05 Å². The Morgan fingerprint density at radius 1 is 1.12 bits per heavy atom. The van der Waals surface area contributed by atoms with Crippen molar-refractivity contribution >= 4 is 34.0 Å². The number of carbonyl (C=O) groups excluding carboxylic acids is 1. The van der Waals surface area contributed by atoms with Crippen LogP contribution in [0.5, 0.6) is 0 Å². The number of fused-ring (bicyclic) bond motifs is 1. The van der Waals surface area contributed by atoms with E-state index in [1.807, 2.05) is 56.0 Å². The SMILES string of the molecule is CC(=O)Nc1ccc(Nc2cc3[nH]c(-c4cnn(C)c4)cc3cn2)cc1. The summed E-state index contributed by atoms with van der Waals surface area (Å²) in [4.78, 5) is 18.9. The second kappa shape index (κ2) is 6.36. The third-order valence-corrected chi connectivity index (χ3v) is 4.00. The maximum absolute atomic E-state index is 11.1. The van der Waals surface area contributed by atoms with Crippen molar-refractivity contribution in [3.63, 3.8) is 0 Å². The quantitative estimate of drug-likeness (QED) is 0.526. The Hall–Kier alpha value is -3.61. The van der Waals surface area contributed by atoms with E-state index in [-0.39, 0.29) is 5.91 Å². The van der Waals surface area contributed by atoms with E-state index in [0.29, 0.717) is 0 Å². The Balaban J connectivity index is 1.56. The lowest BCUT2D eigenvalue weighted by Gasteiger charge is -2.07. The van der Waals surface area contributed by atoms with Gasteiger partial charge in [0.15, 0.2) is 0 Å². The van der Waals surface area contributed by atoms with E-state index in [2.05, 4.69) is 31.8 Å². The number of H-pyrrole nitrogens is 1. The highest BCUT2D eigenvalue weighted by Gasteiger charge is 2.07. The van der Waals surface area contributed by atoms with E-state index in [0.717, 1.165) is 39.4 Å². The van der Waals surface area contributed by atoms with E-state index < -0.39 is 0 Å². The third-order valence-electron chi connectivity index (χ3n) is 4.00. The first-order valence-electron chi connectivity index (χ1n) is 8.19. The van der Waals surface area contributed by atoms with Gasteiger partial charge < -0.3 is 15.6 Å². The smallest absolute Gasteiger partial charge is 0.221 e. The monoisotopic (exact) mass is 346 g/mol. The molecule has 0 aliphatic carbocycles. The first-order chi connectivity index (χ1) is 12.6. The summed E-state index contributed by atoms with van der Waals surface area (Å²) in [6, 6.07) is 11.5. The summed E-state index contributed by atoms with van der Waals surface area (Å²) in [7, 11) is 1.90. The lowest BCUT2D eigenvalue weighted by molar-refractivity contribution is -0.114. The molecule has 1 amide bonds. The lowest BCUT2D eigenvalue weighted by atomic mass is 10.2. The van der Waals surface area contributed by atoms with Crippen LogP contribution in [0.25, 0.3) is 22.2 Å². The molecule has 0 aliphatic rings. The molecule has 0 bridgehead atoms. The van der Waals surface area contributed by atoms with Gasteiger partial charge in [0.25, 0.3) is 0 Å². The maximum Gasteiger partial charge on any atom is 0.221 e. The molecule has 0 saturated carbocycles. The standard InChI is InChI=1S/C19H18N6O/c1-12(26)22-15-3-5-16(6-4-15)23-19-8-18-13(9-20-19)7-17(24-18)14-10-21-25(2)11-14/h3-11,24H,1-2H3,(H,20,23)(H,22,26). The van der Waals surface area contributed by atoms with Crippen LogP contribution in [0.3, 0.4) is 0 Å². The average Bonchev–Trinajstić information content (AvgIpc) is 3.21. The molecule has 4 rings (SSSR count). The topological polar surface area (TPSA) is 87.6 Å². The summed E-state index contributed by atoms with van der Waals surface area (Å²) in [6.07, 6.45) is 5.63. The number of hydrogen-bond donors (Lipinski definition) is 3. The first kappa shape index (κ1) is 15.9. The summed E-state index contributed by atoms with van der Waals surface area (Å²) < 4.78 is 1.77. The van der Waals surface area contributed by atoms with E-state index in [4.69, 9.17) is 0 Å². The van der Waals surface area contributed by atoms with E-state index in [1.165, 1.54) is 6.92 Å². The minimum atomic E-state index is -0.0889. The molecule has 0 unspecified atom stereocenters. The highest BCUT2D eigenvalue weighted by molar-refractivity contribution is 5.89. The van der Waals surface area contributed by atoms with Crippen molar-refractivity contribution in [2.75, 3.05) is 10.6 Å². The van der Waals surface area contributed by atoms with Gasteiger partial charge in [-0.15, -0.1) is 0 Å². The number of benzene rings is 1. The Morgan fingerprint density at radius 2 is 1.88 bits per heavy atom. The number of aromatic amines is 1. The van der Waals surface area contributed by atoms with Crippen molar-refractivity contribution in [3.05, 3.63) is 55.0 Å². The van der Waals surface area contributed by atoms with Crippen LogP contribution in [-0.4, -0.2) is 25.7 Å². The van der Waals surface area contributed by atoms with Gasteiger partial charge in [-0.2, -0.15) is 5.10 Å². The van der Waals surface area contributed by atoms with Gasteiger partial charge in [-0.25, -0.2) is 4.98 Å². The van der Waals surface area contributed by atoms with Gasteiger partial charge in [0, 0.05) is 60.4 Å². The molecule has 130 valence electrons. The zero-order valence-corrected chi connectivity index (χ0v) is 14.4. The van der Waals surface area contributed by atoms with Gasteiger partial charge in [0.05, 0.1) is 11.7 Å². The summed E-state index contributed by atoms with van der Waals surface area (Å²) >= 11 is 0. The summed E-state index contributed by atoms with van der Waals surface area (Å²) in [5, 5.41) is 11.3. The molecule has 0 radical (unpaired) electrons. The normalized spacial score (nSPS) is 10.8.